The Hall–Kier alpha value is -3.01. The monoisotopic (exact) mass is 314 g/mol. The maximum atomic E-state index is 4.80. The second-order valence-corrected chi connectivity index (χ2v) is 5.86. The molecule has 2 aromatic carbocycles. The molecule has 0 saturated heterocycles. The van der Waals surface area contributed by atoms with Crippen molar-refractivity contribution in [3.05, 3.63) is 78.5 Å². The molecule has 0 spiro atoms. The van der Waals surface area contributed by atoms with Gasteiger partial charge in [-0.15, -0.1) is 0 Å². The Morgan fingerprint density at radius 2 is 1.71 bits per heavy atom. The van der Waals surface area contributed by atoms with Crippen LogP contribution in [0.25, 0.3) is 22.3 Å². The minimum Gasteiger partial charge on any atom is -0.337 e. The van der Waals surface area contributed by atoms with Crippen LogP contribution in [-0.2, 0) is 19.9 Å². The van der Waals surface area contributed by atoms with Gasteiger partial charge in [0.2, 0.25) is 0 Å². The van der Waals surface area contributed by atoms with Gasteiger partial charge in [0.1, 0.15) is 5.82 Å². The van der Waals surface area contributed by atoms with Gasteiger partial charge in [-0.05, 0) is 18.1 Å². The van der Waals surface area contributed by atoms with E-state index >= 15 is 0 Å². The summed E-state index contributed by atoms with van der Waals surface area (Å²) < 4.78 is 2.11. The van der Waals surface area contributed by atoms with Gasteiger partial charge in [0, 0.05) is 37.6 Å². The molecule has 0 radical (unpaired) electrons. The summed E-state index contributed by atoms with van der Waals surface area (Å²) in [7, 11) is 2.05. The van der Waals surface area contributed by atoms with Crippen molar-refractivity contribution < 1.29 is 0 Å². The smallest absolute Gasteiger partial charge is 0.109 e. The van der Waals surface area contributed by atoms with Gasteiger partial charge >= 0.3 is 0 Å². The van der Waals surface area contributed by atoms with E-state index in [1.807, 2.05) is 30.3 Å². The van der Waals surface area contributed by atoms with Crippen LogP contribution in [-0.4, -0.2) is 19.5 Å². The zero-order valence-corrected chi connectivity index (χ0v) is 13.6. The number of fused-ring (bicyclic) bond motifs is 1. The molecule has 0 aliphatic rings. The average molecular weight is 314 g/mol. The fraction of sp³-hybridized carbons (Fsp3) is 0.150. The van der Waals surface area contributed by atoms with E-state index in [2.05, 4.69) is 46.0 Å². The third kappa shape index (κ3) is 2.78. The molecule has 0 saturated carbocycles. The summed E-state index contributed by atoms with van der Waals surface area (Å²) in [5, 5.41) is 0. The molecule has 4 nitrogen and oxygen atoms in total. The maximum absolute atomic E-state index is 4.80. The number of nitrogens with zero attached hydrogens (tertiary/aromatic N) is 4. The highest BCUT2D eigenvalue weighted by Crippen LogP contribution is 2.20. The molecule has 0 fully saturated rings. The molecule has 118 valence electrons. The van der Waals surface area contributed by atoms with Gasteiger partial charge in [0.05, 0.1) is 16.7 Å². The van der Waals surface area contributed by atoms with E-state index in [4.69, 9.17) is 4.98 Å². The number of benzene rings is 2. The SMILES string of the molecule is Cn1cc(-c2ccccc2)nc1CCc1cccc2nccnc12. The minimum atomic E-state index is 0.874. The Morgan fingerprint density at radius 1 is 0.875 bits per heavy atom. The van der Waals surface area contributed by atoms with Crippen LogP contribution in [0.3, 0.4) is 0 Å². The average Bonchev–Trinajstić information content (AvgIpc) is 3.01. The lowest BCUT2D eigenvalue weighted by Gasteiger charge is -2.05. The van der Waals surface area contributed by atoms with Crippen molar-refractivity contribution >= 4 is 11.0 Å². The number of aryl methyl sites for hydroxylation is 3. The number of rotatable bonds is 4. The van der Waals surface area contributed by atoms with Crippen LogP contribution in [0.2, 0.25) is 0 Å². The van der Waals surface area contributed by atoms with E-state index in [-0.39, 0.29) is 0 Å². The first-order chi connectivity index (χ1) is 11.8. The predicted molar refractivity (Wildman–Crippen MR) is 95.6 cm³/mol. The zero-order chi connectivity index (χ0) is 16.4. The molecule has 0 bridgehead atoms. The Labute approximate surface area is 140 Å². The van der Waals surface area contributed by atoms with Crippen molar-refractivity contribution in [1.82, 2.24) is 19.5 Å². The molecular formula is C20H18N4. The van der Waals surface area contributed by atoms with Crippen LogP contribution in [0.1, 0.15) is 11.4 Å². The number of para-hydroxylation sites is 1. The first kappa shape index (κ1) is 14.6. The highest BCUT2D eigenvalue weighted by molar-refractivity contribution is 5.77. The quantitative estimate of drug-likeness (QED) is 0.575. The molecule has 0 amide bonds. The molecule has 24 heavy (non-hydrogen) atoms. The maximum Gasteiger partial charge on any atom is 0.109 e. The lowest BCUT2D eigenvalue weighted by atomic mass is 10.1. The lowest BCUT2D eigenvalue weighted by Crippen LogP contribution is -2.01. The summed E-state index contributed by atoms with van der Waals surface area (Å²) >= 11 is 0. The Morgan fingerprint density at radius 3 is 2.58 bits per heavy atom. The van der Waals surface area contributed by atoms with Gasteiger partial charge in [-0.3, -0.25) is 9.97 Å². The standard InChI is InChI=1S/C20H18N4/c1-24-14-18(15-6-3-2-4-7-15)23-19(24)11-10-16-8-5-9-17-20(16)22-13-12-21-17/h2-9,12-14H,10-11H2,1H3. The molecule has 0 aliphatic carbocycles. The molecule has 0 aliphatic heterocycles. The number of imidazole rings is 1. The van der Waals surface area contributed by atoms with Crippen LogP contribution in [0.5, 0.6) is 0 Å². The third-order valence-electron chi connectivity index (χ3n) is 4.24. The van der Waals surface area contributed by atoms with Crippen molar-refractivity contribution in [3.63, 3.8) is 0 Å². The zero-order valence-electron chi connectivity index (χ0n) is 13.6. The van der Waals surface area contributed by atoms with Crippen LogP contribution >= 0.6 is 0 Å². The molecular weight excluding hydrogens is 296 g/mol. The number of aromatic nitrogens is 4. The van der Waals surface area contributed by atoms with E-state index < -0.39 is 0 Å². The van der Waals surface area contributed by atoms with Crippen molar-refractivity contribution in [2.24, 2.45) is 7.05 Å². The van der Waals surface area contributed by atoms with Crippen molar-refractivity contribution in [2.75, 3.05) is 0 Å². The predicted octanol–water partition coefficient (Wildman–Crippen LogP) is 3.82. The van der Waals surface area contributed by atoms with Crippen LogP contribution in [0.15, 0.2) is 67.1 Å². The molecule has 4 heteroatoms. The lowest BCUT2D eigenvalue weighted by molar-refractivity contribution is 0.772. The summed E-state index contributed by atoms with van der Waals surface area (Å²) in [6.07, 6.45) is 7.35. The van der Waals surface area contributed by atoms with Gasteiger partial charge in [0.25, 0.3) is 0 Å². The van der Waals surface area contributed by atoms with Crippen LogP contribution in [0.4, 0.5) is 0 Å². The van der Waals surface area contributed by atoms with Gasteiger partial charge in [-0.25, -0.2) is 4.98 Å². The first-order valence-corrected chi connectivity index (χ1v) is 8.07. The van der Waals surface area contributed by atoms with Gasteiger partial charge in [0.15, 0.2) is 0 Å². The topological polar surface area (TPSA) is 43.6 Å². The van der Waals surface area contributed by atoms with Gasteiger partial charge < -0.3 is 4.57 Å². The minimum absolute atomic E-state index is 0.874. The molecule has 0 N–H and O–H groups in total. The molecule has 0 unspecified atom stereocenters. The second kappa shape index (κ2) is 6.24. The van der Waals surface area contributed by atoms with E-state index in [1.165, 1.54) is 5.56 Å². The van der Waals surface area contributed by atoms with Gasteiger partial charge in [-0.2, -0.15) is 0 Å². The first-order valence-electron chi connectivity index (χ1n) is 8.07. The number of hydrogen-bond acceptors (Lipinski definition) is 3. The van der Waals surface area contributed by atoms with E-state index in [0.29, 0.717) is 0 Å². The summed E-state index contributed by atoms with van der Waals surface area (Å²) in [5.74, 6) is 1.08. The Bertz CT molecular complexity index is 968. The summed E-state index contributed by atoms with van der Waals surface area (Å²) in [6, 6.07) is 16.4. The summed E-state index contributed by atoms with van der Waals surface area (Å²) in [4.78, 5) is 13.7. The van der Waals surface area contributed by atoms with Crippen molar-refractivity contribution in [2.45, 2.75) is 12.8 Å². The fourth-order valence-electron chi connectivity index (χ4n) is 2.99. The molecule has 0 atom stereocenters. The normalized spacial score (nSPS) is 11.0. The van der Waals surface area contributed by atoms with Crippen molar-refractivity contribution in [1.29, 1.82) is 0 Å². The van der Waals surface area contributed by atoms with Gasteiger partial charge in [-0.1, -0.05) is 42.5 Å². The summed E-state index contributed by atoms with van der Waals surface area (Å²) in [5.41, 5.74) is 5.31. The van der Waals surface area contributed by atoms with E-state index in [9.17, 15) is 0 Å². The molecule has 4 rings (SSSR count). The highest BCUT2D eigenvalue weighted by atomic mass is 15.0. The van der Waals surface area contributed by atoms with Crippen LogP contribution in [0, 0.1) is 0 Å². The van der Waals surface area contributed by atoms with E-state index in [0.717, 1.165) is 41.0 Å². The second-order valence-electron chi connectivity index (χ2n) is 5.86. The Kier molecular flexibility index (Phi) is 3.79. The molecule has 2 aromatic heterocycles. The molecule has 2 heterocycles. The summed E-state index contributed by atoms with van der Waals surface area (Å²) in [6.45, 7) is 0. The highest BCUT2D eigenvalue weighted by Gasteiger charge is 2.09. The molecule has 4 aromatic rings. The van der Waals surface area contributed by atoms with E-state index in [1.54, 1.807) is 12.4 Å². The Balaban J connectivity index is 1.59. The largest absolute Gasteiger partial charge is 0.337 e. The van der Waals surface area contributed by atoms with Crippen LogP contribution < -0.4 is 0 Å². The third-order valence-corrected chi connectivity index (χ3v) is 4.24. The van der Waals surface area contributed by atoms with Crippen molar-refractivity contribution in [3.8, 4) is 11.3 Å². The number of hydrogen-bond donors (Lipinski definition) is 0. The fourth-order valence-corrected chi connectivity index (χ4v) is 2.99.